The summed E-state index contributed by atoms with van der Waals surface area (Å²) in [7, 11) is 0. The maximum absolute atomic E-state index is 2.45. The minimum absolute atomic E-state index is 1.10. The van der Waals surface area contributed by atoms with Gasteiger partial charge in [-0.3, -0.25) is 0 Å². The quantitative estimate of drug-likeness (QED) is 0.156. The zero-order chi connectivity index (χ0) is 40.3. The summed E-state index contributed by atoms with van der Waals surface area (Å²) >= 11 is 1.85. The number of aromatic nitrogens is 1. The monoisotopic (exact) mass is 794 g/mol. The van der Waals surface area contributed by atoms with Gasteiger partial charge < -0.3 is 9.47 Å². The average Bonchev–Trinajstić information content (AvgIpc) is 3.88. The summed E-state index contributed by atoms with van der Waals surface area (Å²) in [6.45, 7) is 0. The first kappa shape index (κ1) is 35.2. The van der Waals surface area contributed by atoms with Gasteiger partial charge in [0.2, 0.25) is 0 Å². The molecule has 0 fully saturated rings. The Kier molecular flexibility index (Phi) is 8.39. The third-order valence-electron chi connectivity index (χ3n) is 12.1. The van der Waals surface area contributed by atoms with Gasteiger partial charge in [-0.2, -0.15) is 0 Å². The van der Waals surface area contributed by atoms with E-state index in [4.69, 9.17) is 0 Å². The SMILES string of the molecule is c1ccc(-c2cc(-c3ccccc3)cc(N(c3ccc(-c4ccc5c6ccc7ccccc7c6n(-c6ccccc6)c5c4)cc3)c3ccc4sc5ccccc5c4c3)c2)cc1. The molecule has 0 radical (unpaired) electrons. The smallest absolute Gasteiger partial charge is 0.0619 e. The van der Waals surface area contributed by atoms with Crippen molar-refractivity contribution in [3.8, 4) is 39.1 Å². The molecule has 3 heteroatoms. The van der Waals surface area contributed by atoms with Gasteiger partial charge in [0.15, 0.2) is 0 Å². The molecule has 0 saturated heterocycles. The number of para-hydroxylation sites is 1. The highest BCUT2D eigenvalue weighted by molar-refractivity contribution is 7.25. The van der Waals surface area contributed by atoms with Crippen molar-refractivity contribution in [2.24, 2.45) is 0 Å². The van der Waals surface area contributed by atoms with Crippen LogP contribution in [0.4, 0.5) is 17.1 Å². The Morgan fingerprint density at radius 3 is 1.62 bits per heavy atom. The predicted octanol–water partition coefficient (Wildman–Crippen LogP) is 16.8. The molecule has 2 nitrogen and oxygen atoms in total. The molecule has 12 rings (SSSR count). The third-order valence-corrected chi connectivity index (χ3v) is 13.3. The highest BCUT2D eigenvalue weighted by atomic mass is 32.1. The van der Waals surface area contributed by atoms with Crippen molar-refractivity contribution in [3.05, 3.63) is 231 Å². The van der Waals surface area contributed by atoms with Crippen LogP contribution in [0.25, 0.3) is 91.8 Å². The van der Waals surface area contributed by atoms with E-state index in [2.05, 4.69) is 240 Å². The third kappa shape index (κ3) is 6.09. The fourth-order valence-electron chi connectivity index (χ4n) is 9.24. The topological polar surface area (TPSA) is 8.17 Å². The van der Waals surface area contributed by atoms with Crippen LogP contribution in [0.15, 0.2) is 231 Å². The van der Waals surface area contributed by atoms with Crippen LogP contribution < -0.4 is 4.90 Å². The van der Waals surface area contributed by atoms with E-state index in [0.717, 1.165) is 22.7 Å². The number of rotatable bonds is 7. The molecule has 2 aromatic heterocycles. The van der Waals surface area contributed by atoms with Crippen molar-refractivity contribution in [1.82, 2.24) is 4.57 Å². The van der Waals surface area contributed by atoms with E-state index in [1.807, 2.05) is 11.3 Å². The van der Waals surface area contributed by atoms with Crippen LogP contribution in [0.2, 0.25) is 0 Å². The van der Waals surface area contributed by atoms with Gasteiger partial charge in [-0.15, -0.1) is 11.3 Å². The normalized spacial score (nSPS) is 11.6. The number of thiophene rings is 1. The van der Waals surface area contributed by atoms with E-state index in [0.29, 0.717) is 0 Å². The van der Waals surface area contributed by atoms with Gasteiger partial charge in [0.1, 0.15) is 0 Å². The van der Waals surface area contributed by atoms with Crippen molar-refractivity contribution in [2.75, 3.05) is 4.90 Å². The Bertz CT molecular complexity index is 3510. The maximum atomic E-state index is 2.45. The number of hydrogen-bond donors (Lipinski definition) is 0. The Labute approximate surface area is 358 Å². The van der Waals surface area contributed by atoms with Crippen molar-refractivity contribution >= 4 is 81.1 Å². The van der Waals surface area contributed by atoms with E-state index < -0.39 is 0 Å². The number of nitrogens with zero attached hydrogens (tertiary/aromatic N) is 2. The lowest BCUT2D eigenvalue weighted by Gasteiger charge is -2.27. The Morgan fingerprint density at radius 1 is 0.311 bits per heavy atom. The van der Waals surface area contributed by atoms with Crippen LogP contribution in [0.5, 0.6) is 0 Å². The molecule has 0 aliphatic rings. The molecule has 0 amide bonds. The van der Waals surface area contributed by atoms with Gasteiger partial charge in [0.25, 0.3) is 0 Å². The summed E-state index contributed by atoms with van der Waals surface area (Å²) in [5.41, 5.74) is 14.0. The lowest BCUT2D eigenvalue weighted by Crippen LogP contribution is -2.10. The van der Waals surface area contributed by atoms with Gasteiger partial charge in [-0.25, -0.2) is 0 Å². The largest absolute Gasteiger partial charge is 0.310 e. The first-order valence-corrected chi connectivity index (χ1v) is 21.6. The summed E-state index contributed by atoms with van der Waals surface area (Å²) in [5.74, 6) is 0. The molecule has 0 aliphatic heterocycles. The summed E-state index contributed by atoms with van der Waals surface area (Å²) in [4.78, 5) is 2.43. The molecule has 0 unspecified atom stereocenters. The fourth-order valence-corrected chi connectivity index (χ4v) is 10.3. The van der Waals surface area contributed by atoms with Crippen LogP contribution >= 0.6 is 11.3 Å². The van der Waals surface area contributed by atoms with E-state index in [9.17, 15) is 0 Å². The molecule has 0 atom stereocenters. The highest BCUT2D eigenvalue weighted by Gasteiger charge is 2.19. The van der Waals surface area contributed by atoms with Crippen molar-refractivity contribution in [2.45, 2.75) is 0 Å². The molecule has 0 aliphatic carbocycles. The predicted molar refractivity (Wildman–Crippen MR) is 262 cm³/mol. The molecule has 0 saturated carbocycles. The van der Waals surface area contributed by atoms with Crippen LogP contribution in [0.1, 0.15) is 0 Å². The summed E-state index contributed by atoms with van der Waals surface area (Å²) in [5, 5.41) is 7.58. The van der Waals surface area contributed by atoms with Crippen LogP contribution in [0.3, 0.4) is 0 Å². The minimum Gasteiger partial charge on any atom is -0.310 e. The number of anilines is 3. The Hall–Kier alpha value is -7.72. The molecule has 61 heavy (non-hydrogen) atoms. The number of hydrogen-bond acceptors (Lipinski definition) is 2. The highest BCUT2D eigenvalue weighted by Crippen LogP contribution is 2.44. The minimum atomic E-state index is 1.10. The van der Waals surface area contributed by atoms with Crippen LogP contribution in [-0.4, -0.2) is 4.57 Å². The van der Waals surface area contributed by atoms with Crippen molar-refractivity contribution in [3.63, 3.8) is 0 Å². The average molecular weight is 795 g/mol. The lowest BCUT2D eigenvalue weighted by atomic mass is 9.97. The number of benzene rings is 10. The van der Waals surface area contributed by atoms with E-state index in [1.165, 1.54) is 86.1 Å². The standard InChI is InChI=1S/C58H38N2S/c1-4-14-39(15-5-1)44-34-45(40-16-6-2-7-17-40)36-49(35-44)59(48-30-33-57-54(38-48)52-22-12-13-23-56(52)61-57)47-28-24-41(25-29-47)43-27-31-51-53-32-26-42-18-10-11-21-50(42)58(53)60(55(51)37-43)46-19-8-3-9-20-46/h1-38H. The second kappa shape index (κ2) is 14.5. The lowest BCUT2D eigenvalue weighted by molar-refractivity contribution is 1.19. The maximum Gasteiger partial charge on any atom is 0.0619 e. The first-order chi connectivity index (χ1) is 30.2. The molecule has 0 bridgehead atoms. The van der Waals surface area contributed by atoms with Gasteiger partial charge in [0.05, 0.1) is 11.0 Å². The second-order valence-corrected chi connectivity index (χ2v) is 16.8. The Morgan fingerprint density at radius 2 is 0.885 bits per heavy atom. The molecule has 10 aromatic carbocycles. The van der Waals surface area contributed by atoms with Gasteiger partial charge >= 0.3 is 0 Å². The van der Waals surface area contributed by atoms with E-state index in [-0.39, 0.29) is 0 Å². The first-order valence-electron chi connectivity index (χ1n) is 20.8. The van der Waals surface area contributed by atoms with Crippen molar-refractivity contribution in [1.29, 1.82) is 0 Å². The van der Waals surface area contributed by atoms with E-state index in [1.54, 1.807) is 0 Å². The zero-order valence-corrected chi connectivity index (χ0v) is 34.1. The molecule has 286 valence electrons. The Balaban J connectivity index is 1.04. The summed E-state index contributed by atoms with van der Waals surface area (Å²) < 4.78 is 5.04. The molecule has 12 aromatic rings. The molecule has 2 heterocycles. The van der Waals surface area contributed by atoms with Crippen LogP contribution in [0, 0.1) is 0 Å². The molecular formula is C58H38N2S. The summed E-state index contributed by atoms with van der Waals surface area (Å²) in [6, 6.07) is 84.3. The van der Waals surface area contributed by atoms with Gasteiger partial charge in [-0.05, 0) is 112 Å². The van der Waals surface area contributed by atoms with Crippen molar-refractivity contribution < 1.29 is 0 Å². The van der Waals surface area contributed by atoms with Crippen LogP contribution in [-0.2, 0) is 0 Å². The second-order valence-electron chi connectivity index (χ2n) is 15.7. The fraction of sp³-hybridized carbons (Fsp3) is 0. The van der Waals surface area contributed by atoms with Gasteiger partial charge in [0, 0.05) is 59.1 Å². The van der Waals surface area contributed by atoms with Gasteiger partial charge in [-0.1, -0.05) is 158 Å². The zero-order valence-electron chi connectivity index (χ0n) is 33.2. The summed E-state index contributed by atoms with van der Waals surface area (Å²) in [6.07, 6.45) is 0. The molecular weight excluding hydrogens is 757 g/mol. The number of fused-ring (bicyclic) bond motifs is 8. The van der Waals surface area contributed by atoms with E-state index >= 15 is 0 Å². The molecule has 0 N–H and O–H groups in total. The molecule has 0 spiro atoms.